The van der Waals surface area contributed by atoms with Crippen molar-refractivity contribution >= 4 is 5.97 Å². The third-order valence-corrected chi connectivity index (χ3v) is 4.23. The van der Waals surface area contributed by atoms with Crippen LogP contribution in [0.25, 0.3) is 0 Å². The first-order chi connectivity index (χ1) is 8.66. The molecule has 2 saturated carbocycles. The van der Waals surface area contributed by atoms with Gasteiger partial charge < -0.3 is 5.11 Å². The van der Waals surface area contributed by atoms with Crippen LogP contribution < -0.4 is 0 Å². The Morgan fingerprint density at radius 1 is 1.22 bits per heavy atom. The summed E-state index contributed by atoms with van der Waals surface area (Å²) in [7, 11) is 0. The summed E-state index contributed by atoms with van der Waals surface area (Å²) in [6.45, 7) is 2.28. The first-order valence-electron chi connectivity index (χ1n) is 6.85. The number of hydrogen-bond donors (Lipinski definition) is 1. The number of hydrogen-bond acceptors (Lipinski definition) is 3. The van der Waals surface area contributed by atoms with Crippen molar-refractivity contribution in [3.05, 3.63) is 11.4 Å². The molecule has 1 aromatic heterocycles. The Hall–Kier alpha value is -1.39. The van der Waals surface area contributed by atoms with Crippen molar-refractivity contribution < 1.29 is 9.90 Å². The van der Waals surface area contributed by atoms with Crippen LogP contribution in [0.5, 0.6) is 0 Å². The minimum atomic E-state index is -0.938. The van der Waals surface area contributed by atoms with Gasteiger partial charge in [-0.05, 0) is 44.4 Å². The van der Waals surface area contributed by atoms with E-state index in [4.69, 9.17) is 0 Å². The minimum Gasteiger partial charge on any atom is -0.476 e. The highest BCUT2D eigenvalue weighted by Crippen LogP contribution is 2.43. The van der Waals surface area contributed by atoms with Crippen LogP contribution in [0.3, 0.4) is 0 Å². The Morgan fingerprint density at radius 2 is 1.89 bits per heavy atom. The van der Waals surface area contributed by atoms with Gasteiger partial charge in [0.25, 0.3) is 0 Å². The fourth-order valence-electron chi connectivity index (χ4n) is 2.95. The standard InChI is InChI=1S/C13H19N3O2/c1-8-2-6-10(7-3-8)16-12(9-4-5-9)11(13(17)18)14-15-16/h8-10H,2-7H2,1H3,(H,17,18). The third-order valence-electron chi connectivity index (χ3n) is 4.23. The van der Waals surface area contributed by atoms with Crippen molar-refractivity contribution in [2.75, 3.05) is 0 Å². The van der Waals surface area contributed by atoms with Gasteiger partial charge in [-0.2, -0.15) is 0 Å². The van der Waals surface area contributed by atoms with Gasteiger partial charge in [0.2, 0.25) is 0 Å². The zero-order valence-corrected chi connectivity index (χ0v) is 10.7. The second-order valence-corrected chi connectivity index (χ2v) is 5.76. The molecule has 1 heterocycles. The van der Waals surface area contributed by atoms with Crippen LogP contribution in [-0.4, -0.2) is 26.1 Å². The predicted molar refractivity (Wildman–Crippen MR) is 65.6 cm³/mol. The van der Waals surface area contributed by atoms with Crippen molar-refractivity contribution in [3.63, 3.8) is 0 Å². The van der Waals surface area contributed by atoms with E-state index in [2.05, 4.69) is 17.2 Å². The molecule has 2 fully saturated rings. The highest BCUT2D eigenvalue weighted by atomic mass is 16.4. The maximum Gasteiger partial charge on any atom is 0.358 e. The zero-order valence-electron chi connectivity index (χ0n) is 10.7. The number of carboxylic acids is 1. The molecule has 5 heteroatoms. The van der Waals surface area contributed by atoms with Gasteiger partial charge in [0, 0.05) is 5.92 Å². The Morgan fingerprint density at radius 3 is 2.44 bits per heavy atom. The second-order valence-electron chi connectivity index (χ2n) is 5.76. The predicted octanol–water partition coefficient (Wildman–Crippen LogP) is 2.60. The van der Waals surface area contributed by atoms with Gasteiger partial charge in [-0.15, -0.1) is 5.10 Å². The summed E-state index contributed by atoms with van der Waals surface area (Å²) >= 11 is 0. The molecule has 5 nitrogen and oxygen atoms in total. The van der Waals surface area contributed by atoms with Crippen molar-refractivity contribution in [2.45, 2.75) is 57.4 Å². The van der Waals surface area contributed by atoms with Gasteiger partial charge in [-0.25, -0.2) is 9.48 Å². The van der Waals surface area contributed by atoms with Gasteiger partial charge in [0.1, 0.15) is 0 Å². The van der Waals surface area contributed by atoms with Crippen LogP contribution in [0, 0.1) is 5.92 Å². The van der Waals surface area contributed by atoms with Crippen molar-refractivity contribution in [2.24, 2.45) is 5.92 Å². The van der Waals surface area contributed by atoms with E-state index in [1.165, 1.54) is 12.8 Å². The van der Waals surface area contributed by atoms with E-state index >= 15 is 0 Å². The Labute approximate surface area is 106 Å². The van der Waals surface area contributed by atoms with Crippen LogP contribution in [0.4, 0.5) is 0 Å². The van der Waals surface area contributed by atoms with Gasteiger partial charge >= 0.3 is 5.97 Å². The number of aromatic nitrogens is 3. The summed E-state index contributed by atoms with van der Waals surface area (Å²) in [4.78, 5) is 11.2. The number of carbonyl (C=O) groups is 1. The summed E-state index contributed by atoms with van der Waals surface area (Å²) in [6.07, 6.45) is 6.77. The molecule has 0 spiro atoms. The fraction of sp³-hybridized carbons (Fsp3) is 0.769. The lowest BCUT2D eigenvalue weighted by atomic mass is 9.87. The Kier molecular flexibility index (Phi) is 2.84. The first kappa shape index (κ1) is 11.7. The highest BCUT2D eigenvalue weighted by molar-refractivity contribution is 5.86. The lowest BCUT2D eigenvalue weighted by Crippen LogP contribution is -2.20. The maximum atomic E-state index is 11.2. The monoisotopic (exact) mass is 249 g/mol. The lowest BCUT2D eigenvalue weighted by Gasteiger charge is -2.27. The minimum absolute atomic E-state index is 0.177. The first-order valence-corrected chi connectivity index (χ1v) is 6.85. The van der Waals surface area contributed by atoms with Crippen LogP contribution in [0.15, 0.2) is 0 Å². The van der Waals surface area contributed by atoms with Gasteiger partial charge in [-0.1, -0.05) is 12.1 Å². The maximum absolute atomic E-state index is 11.2. The quantitative estimate of drug-likeness (QED) is 0.894. The van der Waals surface area contributed by atoms with Crippen molar-refractivity contribution in [1.29, 1.82) is 0 Å². The largest absolute Gasteiger partial charge is 0.476 e. The Balaban J connectivity index is 1.89. The van der Waals surface area contributed by atoms with Gasteiger partial charge in [0.05, 0.1) is 11.7 Å². The summed E-state index contributed by atoms with van der Waals surface area (Å²) in [5.74, 6) is 0.228. The van der Waals surface area contributed by atoms with E-state index in [0.717, 1.165) is 37.3 Å². The topological polar surface area (TPSA) is 68.0 Å². The number of aromatic carboxylic acids is 1. The molecule has 0 aromatic carbocycles. The van der Waals surface area contributed by atoms with E-state index < -0.39 is 5.97 Å². The molecule has 0 radical (unpaired) electrons. The number of rotatable bonds is 3. The molecule has 0 atom stereocenters. The second kappa shape index (κ2) is 4.37. The molecule has 0 unspecified atom stereocenters. The summed E-state index contributed by atoms with van der Waals surface area (Å²) < 4.78 is 1.92. The molecule has 2 aliphatic carbocycles. The average molecular weight is 249 g/mol. The molecule has 0 bridgehead atoms. The van der Waals surface area contributed by atoms with E-state index in [1.807, 2.05) is 4.68 Å². The van der Waals surface area contributed by atoms with Gasteiger partial charge in [-0.3, -0.25) is 0 Å². The normalized spacial score (nSPS) is 28.3. The molecular formula is C13H19N3O2. The summed E-state index contributed by atoms with van der Waals surface area (Å²) in [6, 6.07) is 0.359. The lowest BCUT2D eigenvalue weighted by molar-refractivity contribution is 0.0689. The zero-order chi connectivity index (χ0) is 12.7. The van der Waals surface area contributed by atoms with Crippen molar-refractivity contribution in [1.82, 2.24) is 15.0 Å². The molecule has 98 valence electrons. The fourth-order valence-corrected chi connectivity index (χ4v) is 2.95. The molecule has 3 rings (SSSR count). The molecule has 2 aliphatic rings. The van der Waals surface area contributed by atoms with E-state index in [-0.39, 0.29) is 5.69 Å². The van der Waals surface area contributed by atoms with E-state index in [1.54, 1.807) is 0 Å². The molecule has 18 heavy (non-hydrogen) atoms. The molecule has 1 N–H and O–H groups in total. The number of nitrogens with zero attached hydrogens (tertiary/aromatic N) is 3. The summed E-state index contributed by atoms with van der Waals surface area (Å²) in [5, 5.41) is 17.2. The highest BCUT2D eigenvalue weighted by Gasteiger charge is 2.36. The smallest absolute Gasteiger partial charge is 0.358 e. The average Bonchev–Trinajstić information content (AvgIpc) is 3.09. The van der Waals surface area contributed by atoms with E-state index in [0.29, 0.717) is 12.0 Å². The number of carboxylic acid groups (broad SMARTS) is 1. The molecule has 1 aromatic rings. The molecule has 0 aliphatic heterocycles. The summed E-state index contributed by atoms with van der Waals surface area (Å²) in [5.41, 5.74) is 1.05. The van der Waals surface area contributed by atoms with Crippen LogP contribution in [0.2, 0.25) is 0 Å². The molecular weight excluding hydrogens is 230 g/mol. The third kappa shape index (κ3) is 2.02. The van der Waals surface area contributed by atoms with E-state index in [9.17, 15) is 9.90 Å². The molecule has 0 amide bonds. The van der Waals surface area contributed by atoms with Crippen LogP contribution >= 0.6 is 0 Å². The van der Waals surface area contributed by atoms with Crippen LogP contribution in [0.1, 0.15) is 73.6 Å². The van der Waals surface area contributed by atoms with Crippen molar-refractivity contribution in [3.8, 4) is 0 Å². The van der Waals surface area contributed by atoms with Gasteiger partial charge in [0.15, 0.2) is 5.69 Å². The molecule has 0 saturated heterocycles. The van der Waals surface area contributed by atoms with Crippen LogP contribution in [-0.2, 0) is 0 Å². The SMILES string of the molecule is CC1CCC(n2nnc(C(=O)O)c2C2CC2)CC1. The Bertz CT molecular complexity index is 457.